The fraction of sp³-hybridized carbons (Fsp3) is 0.600. The van der Waals surface area contributed by atoms with E-state index in [1.54, 1.807) is 0 Å². The molecule has 0 radical (unpaired) electrons. The fourth-order valence-electron chi connectivity index (χ4n) is 0.753. The van der Waals surface area contributed by atoms with E-state index in [1.165, 1.54) is 12.8 Å². The average Bonchev–Trinajstić information content (AvgIpc) is 1.86. The molecular weight excluding hydrogens is 146 g/mol. The molecule has 0 saturated heterocycles. The first-order valence-electron chi connectivity index (χ1n) is 2.54. The van der Waals surface area contributed by atoms with Crippen molar-refractivity contribution in [2.75, 3.05) is 0 Å². The molecule has 0 spiro atoms. The van der Waals surface area contributed by atoms with Crippen molar-refractivity contribution in [1.82, 2.24) is 0 Å². The van der Waals surface area contributed by atoms with Gasteiger partial charge >= 0.3 is 79.5 Å². The van der Waals surface area contributed by atoms with Crippen LogP contribution in [0.15, 0.2) is 12.2 Å². The molecule has 1 aliphatic rings. The van der Waals surface area contributed by atoms with Crippen LogP contribution in [0.4, 0.5) is 0 Å². The molecule has 0 bridgehead atoms. The van der Waals surface area contributed by atoms with Gasteiger partial charge in [0.25, 0.3) is 0 Å². The van der Waals surface area contributed by atoms with E-state index in [-0.39, 0.29) is 0 Å². The van der Waals surface area contributed by atoms with Gasteiger partial charge in [-0.2, -0.15) is 0 Å². The number of hydrogen-bond acceptors (Lipinski definition) is 0. The molecule has 28 valence electrons. The van der Waals surface area contributed by atoms with Crippen molar-refractivity contribution in [1.29, 1.82) is 0 Å². The molecule has 1 aliphatic carbocycles. The van der Waals surface area contributed by atoms with E-state index >= 15 is 0 Å². The Morgan fingerprint density at radius 3 is 2.00 bits per heavy atom. The van der Waals surface area contributed by atoms with Gasteiger partial charge < -0.3 is 0 Å². The zero-order valence-electron chi connectivity index (χ0n) is 4.15. The molecule has 0 N–H and O–H groups in total. The van der Waals surface area contributed by atoms with Crippen LogP contribution in [0.1, 0.15) is 12.8 Å². The fourth-order valence-corrected chi connectivity index (χ4v) is 2.09. The van der Waals surface area contributed by atoms with Crippen molar-refractivity contribution in [3.63, 3.8) is 0 Å². The standard InChI is InChI=1S/C5H7.Rb/c1-2-4-5-3-1;/h1-2,5H,3-4H2;. The monoisotopic (exact) mass is 152 g/mol. The van der Waals surface area contributed by atoms with Crippen LogP contribution >= 0.6 is 0 Å². The van der Waals surface area contributed by atoms with Crippen molar-refractivity contribution in [3.05, 3.63) is 12.2 Å². The second kappa shape index (κ2) is 2.76. The van der Waals surface area contributed by atoms with Crippen LogP contribution in [0, 0.1) is 0 Å². The topological polar surface area (TPSA) is 0 Å². The summed E-state index contributed by atoms with van der Waals surface area (Å²) >= 11 is 0.936. The Bertz CT molecular complexity index is 58.3. The van der Waals surface area contributed by atoms with Crippen LogP contribution in [0.5, 0.6) is 0 Å². The molecule has 0 amide bonds. The minimum atomic E-state index is 0.936. The Labute approximate surface area is 77.7 Å². The quantitative estimate of drug-likeness (QED) is 0.459. The maximum atomic E-state index is 2.31. The summed E-state index contributed by atoms with van der Waals surface area (Å²) in [5.41, 5.74) is 0. The summed E-state index contributed by atoms with van der Waals surface area (Å²) in [6.07, 6.45) is 7.41. The predicted octanol–water partition coefficient (Wildman–Crippen LogP) is 1.29. The van der Waals surface area contributed by atoms with Crippen LogP contribution in [-0.2, 0) is 0 Å². The molecule has 0 unspecified atom stereocenters. The molecule has 0 atom stereocenters. The van der Waals surface area contributed by atoms with E-state index in [4.69, 9.17) is 0 Å². The predicted molar refractivity (Wildman–Crippen MR) is 27.9 cm³/mol. The van der Waals surface area contributed by atoms with Gasteiger partial charge in [-0.25, -0.2) is 0 Å². The zero-order chi connectivity index (χ0) is 4.41. The normalized spacial score (nSPS) is 23.0. The van der Waals surface area contributed by atoms with Crippen LogP contribution in [0.2, 0.25) is -1.01 Å². The molecule has 0 aromatic rings. The molecule has 1 heteroatoms. The van der Waals surface area contributed by atoms with Crippen molar-refractivity contribution in [2.24, 2.45) is 0 Å². The maximum absolute atomic E-state index is 2.31. The van der Waals surface area contributed by atoms with Gasteiger partial charge in [0.2, 0.25) is 0 Å². The molecule has 0 fully saturated rings. The van der Waals surface area contributed by atoms with Crippen molar-refractivity contribution in [2.45, 2.75) is 11.8 Å². The summed E-state index contributed by atoms with van der Waals surface area (Å²) in [5.74, 6) is 0. The summed E-state index contributed by atoms with van der Waals surface area (Å²) < 4.78 is 1.15. The van der Waals surface area contributed by atoms with E-state index in [2.05, 4.69) is 12.2 Å². The van der Waals surface area contributed by atoms with Gasteiger partial charge in [-0.15, -0.1) is 0 Å². The summed E-state index contributed by atoms with van der Waals surface area (Å²) in [6, 6.07) is 0. The number of hydrogen-bond donors (Lipinski definition) is 0. The summed E-state index contributed by atoms with van der Waals surface area (Å²) in [7, 11) is 0. The van der Waals surface area contributed by atoms with Gasteiger partial charge in [-0.05, 0) is 0 Å². The molecule has 0 aliphatic heterocycles. The zero-order valence-corrected chi connectivity index (χ0v) is 9.06. The third kappa shape index (κ3) is 1.57. The number of allylic oxidation sites excluding steroid dienone is 2. The third-order valence-electron chi connectivity index (χ3n) is 1.24. The Morgan fingerprint density at radius 2 is 1.83 bits per heavy atom. The second-order valence-electron chi connectivity index (χ2n) is 2.05. The van der Waals surface area contributed by atoms with Crippen LogP contribution in [0.25, 0.3) is 0 Å². The Hall–Kier alpha value is 1.55. The first-order chi connectivity index (χ1) is 2.89. The van der Waals surface area contributed by atoms with Gasteiger partial charge in [0.05, 0.1) is 0 Å². The van der Waals surface area contributed by atoms with Gasteiger partial charge in [0, 0.05) is 0 Å². The Balaban J connectivity index is 2.32. The van der Waals surface area contributed by atoms with Crippen molar-refractivity contribution < 1.29 is 0 Å². The molecule has 0 saturated carbocycles. The molecule has 0 aromatic heterocycles. The first-order valence-corrected chi connectivity index (χ1v) is 5.38. The van der Waals surface area contributed by atoms with E-state index < -0.39 is 0 Å². The minimum absolute atomic E-state index is 0.936. The van der Waals surface area contributed by atoms with Crippen LogP contribution < -0.4 is 0 Å². The van der Waals surface area contributed by atoms with E-state index in [0.717, 1.165) is 54.5 Å². The molecule has 0 aromatic carbocycles. The third-order valence-corrected chi connectivity index (χ3v) is 3.56. The summed E-state index contributed by atoms with van der Waals surface area (Å²) in [5, 5.41) is 0. The molecule has 1 rings (SSSR count). The SMILES string of the molecule is [Rb][CH]1CC=CC1. The first kappa shape index (κ1) is 5.68. The Kier molecular flexibility index (Phi) is 2.61. The van der Waals surface area contributed by atoms with Gasteiger partial charge in [-0.3, -0.25) is 0 Å². The Morgan fingerprint density at radius 1 is 1.33 bits per heavy atom. The molecule has 0 nitrogen and oxygen atoms in total. The van der Waals surface area contributed by atoms with Crippen molar-refractivity contribution >= 4 is 55.5 Å². The van der Waals surface area contributed by atoms with Crippen molar-refractivity contribution in [3.8, 4) is 0 Å². The van der Waals surface area contributed by atoms with Gasteiger partial charge in [0.1, 0.15) is 0 Å². The summed E-state index contributed by atoms with van der Waals surface area (Å²) in [4.78, 5) is 0. The molecular formula is C5H7Rb. The van der Waals surface area contributed by atoms with Crippen LogP contribution in [0.3, 0.4) is 0 Å². The summed E-state index contributed by atoms with van der Waals surface area (Å²) in [6.45, 7) is 0. The molecule has 6 heavy (non-hydrogen) atoms. The van der Waals surface area contributed by atoms with E-state index in [0.29, 0.717) is 0 Å². The van der Waals surface area contributed by atoms with E-state index in [9.17, 15) is 0 Å². The average molecular weight is 153 g/mol. The van der Waals surface area contributed by atoms with Gasteiger partial charge in [-0.1, -0.05) is 0 Å². The van der Waals surface area contributed by atoms with E-state index in [1.807, 2.05) is 0 Å². The molecule has 0 heterocycles. The van der Waals surface area contributed by atoms with Gasteiger partial charge in [0.15, 0.2) is 0 Å². The van der Waals surface area contributed by atoms with Crippen LogP contribution in [-0.4, -0.2) is 55.5 Å². The number of rotatable bonds is 0. The second-order valence-corrected chi connectivity index (χ2v) is 6.06.